The van der Waals surface area contributed by atoms with Gasteiger partial charge in [0.1, 0.15) is 5.75 Å². The van der Waals surface area contributed by atoms with Crippen LogP contribution in [0.3, 0.4) is 0 Å². The minimum Gasteiger partial charge on any atom is -0.454 e. The number of carbonyl (C=O) groups excluding carboxylic acids is 1. The van der Waals surface area contributed by atoms with Crippen LogP contribution in [0.15, 0.2) is 48.5 Å². The molecule has 0 bridgehead atoms. The summed E-state index contributed by atoms with van der Waals surface area (Å²) < 4.78 is 19.8. The molecule has 1 heterocycles. The number of carbonyl (C=O) groups is 1. The van der Waals surface area contributed by atoms with Crippen LogP contribution >= 0.6 is 0 Å². The van der Waals surface area contributed by atoms with Crippen molar-refractivity contribution in [3.8, 4) is 11.5 Å². The minimum atomic E-state index is -0.502. The second kappa shape index (κ2) is 7.63. The number of hydrogen-bond acceptors (Lipinski definition) is 4. The maximum Gasteiger partial charge on any atom is 0.237 e. The lowest BCUT2D eigenvalue weighted by Crippen LogP contribution is -2.41. The van der Waals surface area contributed by atoms with Gasteiger partial charge in [-0.2, -0.15) is 0 Å². The van der Waals surface area contributed by atoms with E-state index in [4.69, 9.17) is 4.74 Å². The third-order valence-electron chi connectivity index (χ3n) is 4.21. The third-order valence-corrected chi connectivity index (χ3v) is 4.21. The van der Waals surface area contributed by atoms with E-state index in [9.17, 15) is 14.3 Å². The van der Waals surface area contributed by atoms with Crippen LogP contribution in [0.4, 0.5) is 4.39 Å². The van der Waals surface area contributed by atoms with E-state index in [2.05, 4.69) is 10.6 Å². The number of ether oxygens (including phenoxy) is 1. The maximum absolute atomic E-state index is 14.3. The number of amides is 1. The molecular weight excluding hydrogens is 323 g/mol. The molecule has 0 spiro atoms. The van der Waals surface area contributed by atoms with Crippen LogP contribution in [0, 0.1) is 5.82 Å². The first-order valence-electron chi connectivity index (χ1n) is 8.27. The van der Waals surface area contributed by atoms with Gasteiger partial charge in [-0.3, -0.25) is 4.79 Å². The first-order chi connectivity index (χ1) is 12.0. The Morgan fingerprint density at radius 2 is 2.08 bits per heavy atom. The zero-order valence-electron chi connectivity index (χ0n) is 13.9. The minimum absolute atomic E-state index is 0.133. The Hall–Kier alpha value is -2.44. The number of halogens is 1. The lowest BCUT2D eigenvalue weighted by molar-refractivity contribution is -0.123. The maximum atomic E-state index is 14.3. The highest BCUT2D eigenvalue weighted by atomic mass is 19.1. The zero-order chi connectivity index (χ0) is 17.8. The van der Waals surface area contributed by atoms with Gasteiger partial charge < -0.3 is 20.5 Å². The molecule has 1 aliphatic heterocycles. The van der Waals surface area contributed by atoms with Crippen molar-refractivity contribution in [2.24, 2.45) is 0 Å². The molecule has 1 saturated heterocycles. The lowest BCUT2D eigenvalue weighted by atomic mass is 10.1. The summed E-state index contributed by atoms with van der Waals surface area (Å²) in [6.07, 6.45) is -0.116. The number of aliphatic hydroxyl groups excluding tert-OH is 1. The Morgan fingerprint density at radius 1 is 1.32 bits per heavy atom. The van der Waals surface area contributed by atoms with E-state index in [-0.39, 0.29) is 17.7 Å². The molecule has 0 unspecified atom stereocenters. The van der Waals surface area contributed by atoms with Crippen molar-refractivity contribution in [1.82, 2.24) is 10.6 Å². The van der Waals surface area contributed by atoms with E-state index in [1.54, 1.807) is 31.2 Å². The Bertz CT molecular complexity index is 739. The van der Waals surface area contributed by atoms with E-state index < -0.39 is 18.0 Å². The van der Waals surface area contributed by atoms with Crippen molar-refractivity contribution in [3.63, 3.8) is 0 Å². The van der Waals surface area contributed by atoms with Crippen LogP contribution in [0.25, 0.3) is 0 Å². The highest BCUT2D eigenvalue weighted by molar-refractivity contribution is 5.82. The molecule has 5 nitrogen and oxygen atoms in total. The Morgan fingerprint density at radius 3 is 2.72 bits per heavy atom. The van der Waals surface area contributed by atoms with Gasteiger partial charge in [-0.05, 0) is 43.2 Å². The molecule has 3 N–H and O–H groups in total. The number of hydrogen-bond donors (Lipinski definition) is 3. The molecule has 1 amide bonds. The molecule has 1 aliphatic rings. The zero-order valence-corrected chi connectivity index (χ0v) is 13.9. The van der Waals surface area contributed by atoms with E-state index in [0.717, 1.165) is 0 Å². The molecule has 2 aromatic carbocycles. The standard InChI is InChI=1S/C19H21FN2O3/c1-12(22-19(24)17-10-14(23)11-21-17)13-7-8-18(16(20)9-13)25-15-5-3-2-4-6-15/h2-9,12,14,17,21,23H,10-11H2,1H3,(H,22,24)/t12-,14+,17-/m0/s1. The summed E-state index contributed by atoms with van der Waals surface area (Å²) in [5.41, 5.74) is 0.643. The normalized spacial score (nSPS) is 20.9. The van der Waals surface area contributed by atoms with Gasteiger partial charge in [0.25, 0.3) is 0 Å². The fraction of sp³-hybridized carbons (Fsp3) is 0.316. The molecule has 0 aromatic heterocycles. The average Bonchev–Trinajstić information content (AvgIpc) is 3.04. The molecule has 132 valence electrons. The predicted octanol–water partition coefficient (Wildman–Crippen LogP) is 2.52. The summed E-state index contributed by atoms with van der Waals surface area (Å²) in [5.74, 6) is 0.00126. The van der Waals surface area contributed by atoms with E-state index >= 15 is 0 Å². The van der Waals surface area contributed by atoms with Gasteiger partial charge in [0, 0.05) is 6.54 Å². The molecule has 6 heteroatoms. The Labute approximate surface area is 145 Å². The molecule has 2 aromatic rings. The molecular formula is C19H21FN2O3. The monoisotopic (exact) mass is 344 g/mol. The number of nitrogens with one attached hydrogen (secondary N) is 2. The number of aliphatic hydroxyl groups is 1. The molecule has 3 atom stereocenters. The van der Waals surface area contributed by atoms with Crippen molar-refractivity contribution in [2.45, 2.75) is 31.5 Å². The van der Waals surface area contributed by atoms with Gasteiger partial charge in [-0.15, -0.1) is 0 Å². The van der Waals surface area contributed by atoms with Crippen molar-refractivity contribution in [1.29, 1.82) is 0 Å². The molecule has 25 heavy (non-hydrogen) atoms. The molecule has 0 aliphatic carbocycles. The number of β-amino-alcohol motifs (C(OH)–C–C–N with tert-alkyl or cyclic N) is 1. The quantitative estimate of drug-likeness (QED) is 0.779. The Kier molecular flexibility index (Phi) is 5.31. The van der Waals surface area contributed by atoms with Gasteiger partial charge in [0.05, 0.1) is 18.2 Å². The molecule has 1 fully saturated rings. The largest absolute Gasteiger partial charge is 0.454 e. The highest BCUT2D eigenvalue weighted by Gasteiger charge is 2.28. The summed E-state index contributed by atoms with van der Waals surface area (Å²) in [7, 11) is 0. The van der Waals surface area contributed by atoms with Crippen LogP contribution in [-0.4, -0.2) is 29.7 Å². The van der Waals surface area contributed by atoms with Crippen molar-refractivity contribution >= 4 is 5.91 Å². The van der Waals surface area contributed by atoms with Crippen molar-refractivity contribution in [2.75, 3.05) is 6.54 Å². The van der Waals surface area contributed by atoms with Gasteiger partial charge >= 0.3 is 0 Å². The molecule has 3 rings (SSSR count). The van der Waals surface area contributed by atoms with Crippen LogP contribution in [-0.2, 0) is 4.79 Å². The second-order valence-corrected chi connectivity index (χ2v) is 6.19. The van der Waals surface area contributed by atoms with E-state index in [1.165, 1.54) is 6.07 Å². The molecule has 0 saturated carbocycles. The van der Waals surface area contributed by atoms with Gasteiger partial charge in [0.15, 0.2) is 11.6 Å². The molecule has 0 radical (unpaired) electrons. The highest BCUT2D eigenvalue weighted by Crippen LogP contribution is 2.27. The van der Waals surface area contributed by atoms with E-state index in [0.29, 0.717) is 24.3 Å². The van der Waals surface area contributed by atoms with Crippen LogP contribution < -0.4 is 15.4 Å². The third kappa shape index (κ3) is 4.35. The number of rotatable bonds is 5. The van der Waals surface area contributed by atoms with Crippen molar-refractivity contribution in [3.05, 3.63) is 59.9 Å². The number of para-hydroxylation sites is 1. The summed E-state index contributed by atoms with van der Waals surface area (Å²) in [4.78, 5) is 12.2. The fourth-order valence-electron chi connectivity index (χ4n) is 2.80. The second-order valence-electron chi connectivity index (χ2n) is 6.19. The average molecular weight is 344 g/mol. The van der Waals surface area contributed by atoms with Crippen LogP contribution in [0.1, 0.15) is 24.9 Å². The summed E-state index contributed by atoms with van der Waals surface area (Å²) >= 11 is 0. The summed E-state index contributed by atoms with van der Waals surface area (Å²) in [5, 5.41) is 15.3. The summed E-state index contributed by atoms with van der Waals surface area (Å²) in [6.45, 7) is 2.20. The first-order valence-corrected chi connectivity index (χ1v) is 8.27. The van der Waals surface area contributed by atoms with Gasteiger partial charge in [0.2, 0.25) is 5.91 Å². The van der Waals surface area contributed by atoms with Crippen LogP contribution in [0.2, 0.25) is 0 Å². The lowest BCUT2D eigenvalue weighted by Gasteiger charge is -2.18. The SMILES string of the molecule is C[C@H](NC(=O)[C@@H]1C[C@@H](O)CN1)c1ccc(Oc2ccccc2)c(F)c1. The Balaban J connectivity index is 1.64. The first kappa shape index (κ1) is 17.4. The fourth-order valence-corrected chi connectivity index (χ4v) is 2.80. The van der Waals surface area contributed by atoms with Crippen molar-refractivity contribution < 1.29 is 19.0 Å². The van der Waals surface area contributed by atoms with Gasteiger partial charge in [-0.1, -0.05) is 24.3 Å². The smallest absolute Gasteiger partial charge is 0.237 e. The van der Waals surface area contributed by atoms with Gasteiger partial charge in [-0.25, -0.2) is 4.39 Å². The topological polar surface area (TPSA) is 70.6 Å². The van der Waals surface area contributed by atoms with E-state index in [1.807, 2.05) is 18.2 Å². The number of benzene rings is 2. The predicted molar refractivity (Wildman–Crippen MR) is 91.9 cm³/mol. The summed E-state index contributed by atoms with van der Waals surface area (Å²) in [6, 6.07) is 12.9. The van der Waals surface area contributed by atoms with Crippen LogP contribution in [0.5, 0.6) is 11.5 Å².